The lowest BCUT2D eigenvalue weighted by molar-refractivity contribution is 0.115. The molecule has 0 unspecified atom stereocenters. The Morgan fingerprint density at radius 1 is 1.00 bits per heavy atom. The first kappa shape index (κ1) is 19.5. The summed E-state index contributed by atoms with van der Waals surface area (Å²) < 4.78 is 3.33. The van der Waals surface area contributed by atoms with Crippen LogP contribution in [-0.4, -0.2) is 22.6 Å². The molecule has 1 saturated heterocycles. The van der Waals surface area contributed by atoms with Crippen LogP contribution in [-0.2, 0) is 13.1 Å². The monoisotopic (exact) mass is 437 g/mol. The average molecular weight is 438 g/mol. The van der Waals surface area contributed by atoms with Gasteiger partial charge in [0.05, 0.1) is 11.6 Å². The van der Waals surface area contributed by atoms with Gasteiger partial charge in [-0.25, -0.2) is 0 Å². The van der Waals surface area contributed by atoms with Gasteiger partial charge in [-0.3, -0.25) is 9.69 Å². The lowest BCUT2D eigenvalue weighted by Crippen LogP contribution is -2.47. The third-order valence-electron chi connectivity index (χ3n) is 6.82. The number of nitriles is 1. The maximum Gasteiger partial charge on any atom is 0.250 e. The third kappa shape index (κ3) is 3.37. The van der Waals surface area contributed by atoms with Gasteiger partial charge in [-0.05, 0) is 53.6 Å². The van der Waals surface area contributed by atoms with Gasteiger partial charge in [0.25, 0.3) is 5.56 Å². The van der Waals surface area contributed by atoms with Crippen LogP contribution in [0.2, 0.25) is 0 Å². The van der Waals surface area contributed by atoms with E-state index in [4.69, 9.17) is 0 Å². The predicted molar refractivity (Wildman–Crippen MR) is 129 cm³/mol. The summed E-state index contributed by atoms with van der Waals surface area (Å²) in [6.45, 7) is 3.57. The highest BCUT2D eigenvalue weighted by atomic mass is 32.1. The van der Waals surface area contributed by atoms with Crippen molar-refractivity contribution in [1.29, 1.82) is 5.26 Å². The molecular formula is C27H23N3OS. The molecule has 0 radical (unpaired) electrons. The topological polar surface area (TPSA) is 49.0 Å². The van der Waals surface area contributed by atoms with Gasteiger partial charge in [-0.15, -0.1) is 11.3 Å². The molecule has 0 N–H and O–H groups in total. The molecule has 2 aliphatic rings. The van der Waals surface area contributed by atoms with Crippen molar-refractivity contribution >= 4 is 21.4 Å². The zero-order chi connectivity index (χ0) is 21.7. The van der Waals surface area contributed by atoms with Crippen LogP contribution >= 0.6 is 11.3 Å². The number of benzene rings is 2. The Bertz CT molecular complexity index is 1390. The molecule has 2 aromatic carbocycles. The largest absolute Gasteiger partial charge is 0.311 e. The molecule has 32 heavy (non-hydrogen) atoms. The molecule has 2 bridgehead atoms. The van der Waals surface area contributed by atoms with Gasteiger partial charge in [0.2, 0.25) is 0 Å². The summed E-state index contributed by atoms with van der Waals surface area (Å²) in [7, 11) is 0. The first-order valence-electron chi connectivity index (χ1n) is 11.1. The quantitative estimate of drug-likeness (QED) is 0.441. The molecule has 4 nitrogen and oxygen atoms in total. The van der Waals surface area contributed by atoms with Crippen LogP contribution in [0, 0.1) is 17.2 Å². The smallest absolute Gasteiger partial charge is 0.250 e. The van der Waals surface area contributed by atoms with Crippen molar-refractivity contribution in [2.75, 3.05) is 13.1 Å². The van der Waals surface area contributed by atoms with Gasteiger partial charge in [0, 0.05) is 59.0 Å². The predicted octanol–water partition coefficient (Wildman–Crippen LogP) is 5.22. The van der Waals surface area contributed by atoms with Gasteiger partial charge >= 0.3 is 0 Å². The van der Waals surface area contributed by atoms with E-state index in [1.54, 1.807) is 6.07 Å². The molecular weight excluding hydrogens is 414 g/mol. The van der Waals surface area contributed by atoms with Crippen molar-refractivity contribution in [3.05, 3.63) is 93.9 Å². The fraction of sp³-hybridized carbons (Fsp3) is 0.259. The highest BCUT2D eigenvalue weighted by molar-refractivity contribution is 7.22. The molecule has 2 atom stereocenters. The number of thiophene rings is 1. The van der Waals surface area contributed by atoms with Crippen LogP contribution < -0.4 is 5.56 Å². The van der Waals surface area contributed by atoms with Crippen LogP contribution in [0.5, 0.6) is 0 Å². The summed E-state index contributed by atoms with van der Waals surface area (Å²) in [4.78, 5) is 16.6. The van der Waals surface area contributed by atoms with Crippen LogP contribution in [0.4, 0.5) is 0 Å². The minimum atomic E-state index is 0.120. The van der Waals surface area contributed by atoms with Crippen LogP contribution in [0.1, 0.15) is 29.2 Å². The van der Waals surface area contributed by atoms with E-state index in [2.05, 4.69) is 47.4 Å². The molecule has 0 aliphatic carbocycles. The number of pyridine rings is 1. The molecule has 4 aromatic rings. The van der Waals surface area contributed by atoms with E-state index >= 15 is 0 Å². The normalized spacial score (nSPS) is 20.1. The minimum absolute atomic E-state index is 0.120. The van der Waals surface area contributed by atoms with Crippen molar-refractivity contribution in [2.45, 2.75) is 25.4 Å². The molecule has 4 heterocycles. The first-order chi connectivity index (χ1) is 15.7. The highest BCUT2D eigenvalue weighted by Gasteiger charge is 2.36. The molecule has 0 saturated carbocycles. The number of aromatic nitrogens is 1. The Labute approximate surface area is 191 Å². The SMILES string of the molecule is N#Cc1cccc(CN2C[C@@H]3C[C@H](C2)c2c(-c4cc5ccccc5s4)ccc(=O)n2C3)c1. The second kappa shape index (κ2) is 7.74. The number of fused-ring (bicyclic) bond motifs is 5. The van der Waals surface area contributed by atoms with Crippen LogP contribution in [0.3, 0.4) is 0 Å². The van der Waals surface area contributed by atoms with Crippen molar-refractivity contribution < 1.29 is 0 Å². The van der Waals surface area contributed by atoms with E-state index in [1.165, 1.54) is 31.8 Å². The van der Waals surface area contributed by atoms with Crippen LogP contribution in [0.15, 0.2) is 71.5 Å². The zero-order valence-corrected chi connectivity index (χ0v) is 18.5. The third-order valence-corrected chi connectivity index (χ3v) is 7.97. The fourth-order valence-corrected chi connectivity index (χ4v) is 6.66. The number of rotatable bonds is 3. The van der Waals surface area contributed by atoms with Crippen molar-refractivity contribution in [1.82, 2.24) is 9.47 Å². The maximum atomic E-state index is 12.8. The second-order valence-electron chi connectivity index (χ2n) is 9.03. The number of piperidine rings is 1. The number of hydrogen-bond donors (Lipinski definition) is 0. The lowest BCUT2D eigenvalue weighted by Gasteiger charge is -2.43. The van der Waals surface area contributed by atoms with Gasteiger partial charge in [0.15, 0.2) is 0 Å². The summed E-state index contributed by atoms with van der Waals surface area (Å²) in [6.07, 6.45) is 1.14. The Kier molecular flexibility index (Phi) is 4.71. The molecule has 158 valence electrons. The van der Waals surface area contributed by atoms with Crippen molar-refractivity contribution in [3.8, 4) is 16.5 Å². The standard InChI is InChI=1S/C27H23N3OS/c28-13-18-4-3-5-19(10-18)14-29-15-20-11-22(17-29)27-23(8-9-26(31)30(27)16-20)25-12-21-6-1-2-7-24(21)32-25/h1-10,12,20,22H,11,14-17H2/t20-,22+/m0/s1. The zero-order valence-electron chi connectivity index (χ0n) is 17.7. The van der Waals surface area contributed by atoms with E-state index in [0.29, 0.717) is 17.4 Å². The van der Waals surface area contributed by atoms with Gasteiger partial charge in [-0.2, -0.15) is 5.26 Å². The maximum absolute atomic E-state index is 12.8. The van der Waals surface area contributed by atoms with Crippen molar-refractivity contribution in [2.24, 2.45) is 5.92 Å². The fourth-order valence-electron chi connectivity index (χ4n) is 5.56. The van der Waals surface area contributed by atoms with E-state index in [0.717, 1.165) is 32.6 Å². The minimum Gasteiger partial charge on any atom is -0.311 e. The summed E-state index contributed by atoms with van der Waals surface area (Å²) in [5.74, 6) is 0.825. The van der Waals surface area contributed by atoms with E-state index < -0.39 is 0 Å². The number of nitrogens with zero attached hydrogens (tertiary/aromatic N) is 3. The molecule has 1 fully saturated rings. The number of hydrogen-bond acceptors (Lipinski definition) is 4. The van der Waals surface area contributed by atoms with Gasteiger partial charge < -0.3 is 4.57 Å². The molecule has 2 aromatic heterocycles. The lowest BCUT2D eigenvalue weighted by atomic mass is 9.81. The average Bonchev–Trinajstić information content (AvgIpc) is 3.24. The molecule has 5 heteroatoms. The molecule has 2 aliphatic heterocycles. The van der Waals surface area contributed by atoms with Gasteiger partial charge in [-0.1, -0.05) is 30.3 Å². The second-order valence-corrected chi connectivity index (χ2v) is 10.1. The Morgan fingerprint density at radius 2 is 1.91 bits per heavy atom. The summed E-state index contributed by atoms with van der Waals surface area (Å²) in [5, 5.41) is 10.5. The number of likely N-dealkylation sites (tertiary alicyclic amines) is 1. The van der Waals surface area contributed by atoms with Crippen molar-refractivity contribution in [3.63, 3.8) is 0 Å². The first-order valence-corrected chi connectivity index (χ1v) is 11.9. The van der Waals surface area contributed by atoms with Crippen LogP contribution in [0.25, 0.3) is 20.5 Å². The summed E-state index contributed by atoms with van der Waals surface area (Å²) in [5.41, 5.74) is 4.43. The summed E-state index contributed by atoms with van der Waals surface area (Å²) >= 11 is 1.81. The summed E-state index contributed by atoms with van der Waals surface area (Å²) in [6, 6.07) is 24.7. The Hall–Kier alpha value is -3.20. The highest BCUT2D eigenvalue weighted by Crippen LogP contribution is 2.43. The van der Waals surface area contributed by atoms with E-state index in [9.17, 15) is 10.1 Å². The van der Waals surface area contributed by atoms with Gasteiger partial charge in [0.1, 0.15) is 0 Å². The molecule has 0 spiro atoms. The molecule has 0 amide bonds. The van der Waals surface area contributed by atoms with E-state index in [1.807, 2.05) is 40.2 Å². The van der Waals surface area contributed by atoms with E-state index in [-0.39, 0.29) is 5.56 Å². The Morgan fingerprint density at radius 3 is 2.78 bits per heavy atom. The Balaban J connectivity index is 1.37. The molecule has 6 rings (SSSR count).